The number of alkyl halides is 3. The minimum absolute atomic E-state index is 0.0437. The van der Waals surface area contributed by atoms with E-state index in [9.17, 15) is 22.8 Å². The zero-order valence-electron chi connectivity index (χ0n) is 18.7. The molecule has 9 heteroatoms. The zero-order chi connectivity index (χ0) is 24.8. The number of nitrogens with one attached hydrogen (secondary N) is 2. The Bertz CT molecular complexity index is 1320. The summed E-state index contributed by atoms with van der Waals surface area (Å²) in [4.78, 5) is 25.0. The minimum Gasteiger partial charge on any atom is -0.454 e. The molecule has 2 aliphatic rings. The van der Waals surface area contributed by atoms with Crippen LogP contribution in [0.2, 0.25) is 0 Å². The van der Waals surface area contributed by atoms with Crippen LogP contribution in [0.5, 0.6) is 11.5 Å². The zero-order valence-corrected chi connectivity index (χ0v) is 18.7. The van der Waals surface area contributed by atoms with Gasteiger partial charge < -0.3 is 20.1 Å². The minimum atomic E-state index is -4.61. The highest BCUT2D eigenvalue weighted by atomic mass is 19.4. The molecule has 6 nitrogen and oxygen atoms in total. The number of fused-ring (bicyclic) bond motifs is 1. The maximum atomic E-state index is 13.7. The van der Waals surface area contributed by atoms with E-state index in [4.69, 9.17) is 9.47 Å². The number of carbonyl (C=O) groups excluding carboxylic acids is 2. The standard InChI is InChI=1S/C26H21F3N2O4/c1-30-23(32)16-4-2-15(3-5-16)17-10-19(26(27,28)29)12-20(11-17)31-24(33)25(8-9-25)18-6-7-21-22(13-18)35-14-34-21/h2-7,10-13H,8-9,14H2,1H3,(H,30,32)(H,31,33). The van der Waals surface area contributed by atoms with Crippen LogP contribution in [0.25, 0.3) is 11.1 Å². The molecule has 1 aliphatic heterocycles. The van der Waals surface area contributed by atoms with E-state index in [0.29, 0.717) is 35.5 Å². The van der Waals surface area contributed by atoms with Gasteiger partial charge in [0.05, 0.1) is 11.0 Å². The third-order valence-electron chi connectivity index (χ3n) is 6.34. The molecule has 2 amide bonds. The lowest BCUT2D eigenvalue weighted by molar-refractivity contribution is -0.137. The smallest absolute Gasteiger partial charge is 0.416 e. The van der Waals surface area contributed by atoms with Gasteiger partial charge in [-0.05, 0) is 72.0 Å². The first-order chi connectivity index (χ1) is 16.7. The van der Waals surface area contributed by atoms with Crippen molar-refractivity contribution < 1.29 is 32.2 Å². The van der Waals surface area contributed by atoms with Gasteiger partial charge in [0.25, 0.3) is 5.91 Å². The monoisotopic (exact) mass is 482 g/mol. The lowest BCUT2D eigenvalue weighted by Gasteiger charge is -2.18. The summed E-state index contributed by atoms with van der Waals surface area (Å²) in [7, 11) is 1.49. The molecule has 1 saturated carbocycles. The van der Waals surface area contributed by atoms with Crippen LogP contribution in [0.1, 0.15) is 34.3 Å². The van der Waals surface area contributed by atoms with E-state index in [-0.39, 0.29) is 29.9 Å². The van der Waals surface area contributed by atoms with Crippen molar-refractivity contribution in [2.45, 2.75) is 24.4 Å². The highest BCUT2D eigenvalue weighted by molar-refractivity contribution is 6.02. The Labute approximate surface area is 199 Å². The molecular formula is C26H21F3N2O4. The fourth-order valence-corrected chi connectivity index (χ4v) is 4.21. The van der Waals surface area contributed by atoms with Gasteiger partial charge in [-0.25, -0.2) is 0 Å². The second-order valence-corrected chi connectivity index (χ2v) is 8.56. The Hall–Kier alpha value is -4.01. The van der Waals surface area contributed by atoms with Gasteiger partial charge in [0, 0.05) is 18.3 Å². The van der Waals surface area contributed by atoms with E-state index >= 15 is 0 Å². The molecule has 0 saturated heterocycles. The van der Waals surface area contributed by atoms with Gasteiger partial charge >= 0.3 is 6.18 Å². The summed E-state index contributed by atoms with van der Waals surface area (Å²) in [6.45, 7) is 0.106. The van der Waals surface area contributed by atoms with E-state index in [0.717, 1.165) is 17.7 Å². The first kappa shape index (κ1) is 22.8. The van der Waals surface area contributed by atoms with Crippen LogP contribution in [0.3, 0.4) is 0 Å². The van der Waals surface area contributed by atoms with Crippen molar-refractivity contribution in [3.8, 4) is 22.6 Å². The molecule has 3 aromatic carbocycles. The lowest BCUT2D eigenvalue weighted by Crippen LogP contribution is -2.28. The number of hydrogen-bond acceptors (Lipinski definition) is 4. The molecule has 0 atom stereocenters. The molecule has 35 heavy (non-hydrogen) atoms. The maximum absolute atomic E-state index is 13.7. The number of hydrogen-bond donors (Lipinski definition) is 2. The third kappa shape index (κ3) is 4.29. The van der Waals surface area contributed by atoms with Crippen LogP contribution in [-0.4, -0.2) is 25.7 Å². The molecule has 180 valence electrons. The number of carbonyl (C=O) groups is 2. The highest BCUT2D eigenvalue weighted by Crippen LogP contribution is 2.51. The Balaban J connectivity index is 1.45. The van der Waals surface area contributed by atoms with E-state index in [1.54, 1.807) is 30.3 Å². The van der Waals surface area contributed by atoms with Crippen LogP contribution in [0.15, 0.2) is 60.7 Å². The SMILES string of the molecule is CNC(=O)c1ccc(-c2cc(NC(=O)C3(c4ccc5c(c4)OCO5)CC3)cc(C(F)(F)F)c2)cc1. The van der Waals surface area contributed by atoms with Gasteiger partial charge in [-0.1, -0.05) is 18.2 Å². The van der Waals surface area contributed by atoms with Crippen molar-refractivity contribution >= 4 is 17.5 Å². The van der Waals surface area contributed by atoms with Crippen molar-refractivity contribution in [1.82, 2.24) is 5.32 Å². The topological polar surface area (TPSA) is 76.7 Å². The Morgan fingerprint density at radius 2 is 1.60 bits per heavy atom. The van der Waals surface area contributed by atoms with Crippen LogP contribution in [0, 0.1) is 0 Å². The van der Waals surface area contributed by atoms with Gasteiger partial charge in [-0.15, -0.1) is 0 Å². The van der Waals surface area contributed by atoms with Gasteiger partial charge in [0.1, 0.15) is 0 Å². The lowest BCUT2D eigenvalue weighted by atomic mass is 9.94. The van der Waals surface area contributed by atoms with Gasteiger partial charge in [0.15, 0.2) is 11.5 Å². The molecule has 0 radical (unpaired) electrons. The average molecular weight is 482 g/mol. The second-order valence-electron chi connectivity index (χ2n) is 8.56. The third-order valence-corrected chi connectivity index (χ3v) is 6.34. The predicted octanol–water partition coefficient (Wildman–Crippen LogP) is 5.13. The maximum Gasteiger partial charge on any atom is 0.416 e. The number of halogens is 3. The van der Waals surface area contributed by atoms with Crippen molar-refractivity contribution in [2.24, 2.45) is 0 Å². The van der Waals surface area contributed by atoms with E-state index < -0.39 is 17.2 Å². The molecule has 1 heterocycles. The molecule has 0 spiro atoms. The number of benzene rings is 3. The Morgan fingerprint density at radius 3 is 2.26 bits per heavy atom. The van der Waals surface area contributed by atoms with E-state index in [1.165, 1.54) is 25.2 Å². The second kappa shape index (κ2) is 8.33. The van der Waals surface area contributed by atoms with Crippen molar-refractivity contribution in [3.63, 3.8) is 0 Å². The Kier molecular flexibility index (Phi) is 5.42. The molecular weight excluding hydrogens is 461 g/mol. The number of amides is 2. The molecule has 0 unspecified atom stereocenters. The van der Waals surface area contributed by atoms with Crippen LogP contribution < -0.4 is 20.1 Å². The largest absolute Gasteiger partial charge is 0.454 e. The fourth-order valence-electron chi connectivity index (χ4n) is 4.21. The summed E-state index contributed by atoms with van der Waals surface area (Å²) in [5.41, 5.74) is 0.204. The summed E-state index contributed by atoms with van der Waals surface area (Å²) in [6.07, 6.45) is -3.46. The van der Waals surface area contributed by atoms with E-state index in [2.05, 4.69) is 10.6 Å². The molecule has 5 rings (SSSR count). The van der Waals surface area contributed by atoms with Crippen molar-refractivity contribution in [3.05, 3.63) is 77.4 Å². The van der Waals surface area contributed by atoms with Gasteiger partial charge in [-0.2, -0.15) is 13.2 Å². The normalized spacial score (nSPS) is 15.4. The van der Waals surface area contributed by atoms with Crippen LogP contribution >= 0.6 is 0 Å². The summed E-state index contributed by atoms with van der Waals surface area (Å²) in [6, 6.07) is 14.9. The predicted molar refractivity (Wildman–Crippen MR) is 122 cm³/mol. The molecule has 1 aliphatic carbocycles. The molecule has 2 N–H and O–H groups in total. The van der Waals surface area contributed by atoms with Crippen molar-refractivity contribution in [1.29, 1.82) is 0 Å². The van der Waals surface area contributed by atoms with Crippen LogP contribution in [0.4, 0.5) is 18.9 Å². The first-order valence-corrected chi connectivity index (χ1v) is 11.0. The molecule has 0 bridgehead atoms. The number of rotatable bonds is 5. The summed E-state index contributed by atoms with van der Waals surface area (Å²) >= 11 is 0. The van der Waals surface area contributed by atoms with Crippen molar-refractivity contribution in [2.75, 3.05) is 19.2 Å². The number of anilines is 1. The molecule has 3 aromatic rings. The quantitative estimate of drug-likeness (QED) is 0.529. The summed E-state index contributed by atoms with van der Waals surface area (Å²) in [5.74, 6) is 0.460. The molecule has 1 fully saturated rings. The first-order valence-electron chi connectivity index (χ1n) is 11.0. The van der Waals surface area contributed by atoms with Crippen LogP contribution in [-0.2, 0) is 16.4 Å². The van der Waals surface area contributed by atoms with E-state index in [1.807, 2.05) is 0 Å². The van der Waals surface area contributed by atoms with Gasteiger partial charge in [-0.3, -0.25) is 9.59 Å². The average Bonchev–Trinajstić information content (AvgIpc) is 3.53. The molecule has 0 aromatic heterocycles. The summed E-state index contributed by atoms with van der Waals surface area (Å²) < 4.78 is 51.7. The fraction of sp³-hybridized carbons (Fsp3) is 0.231. The highest BCUT2D eigenvalue weighted by Gasteiger charge is 2.51. The number of ether oxygens (including phenoxy) is 2. The Morgan fingerprint density at radius 1 is 0.886 bits per heavy atom. The summed E-state index contributed by atoms with van der Waals surface area (Å²) in [5, 5.41) is 5.19. The van der Waals surface area contributed by atoms with Gasteiger partial charge in [0.2, 0.25) is 12.7 Å².